The summed E-state index contributed by atoms with van der Waals surface area (Å²) < 4.78 is 0. The molecular weight excluding hydrogens is 470 g/mol. The van der Waals surface area contributed by atoms with E-state index in [1.807, 2.05) is 24.0 Å². The molecule has 0 radical (unpaired) electrons. The first-order valence-electron chi connectivity index (χ1n) is 11.1. The molecule has 0 amide bonds. The van der Waals surface area contributed by atoms with Gasteiger partial charge in [0.05, 0.1) is 5.03 Å². The molecule has 2 aromatic heterocycles. The summed E-state index contributed by atoms with van der Waals surface area (Å²) in [6.07, 6.45) is 3.18. The van der Waals surface area contributed by atoms with Gasteiger partial charge in [0.2, 0.25) is 0 Å². The maximum atomic E-state index is 9.77. The molecule has 0 saturated carbocycles. The summed E-state index contributed by atoms with van der Waals surface area (Å²) in [7, 11) is 2.27. The number of rotatable bonds is 6. The van der Waals surface area contributed by atoms with E-state index in [0.29, 0.717) is 12.0 Å². The third-order valence-corrected chi connectivity index (χ3v) is 7.36. The van der Waals surface area contributed by atoms with E-state index in [9.17, 15) is 9.59 Å². The van der Waals surface area contributed by atoms with Crippen LogP contribution in [0.5, 0.6) is 0 Å². The lowest BCUT2D eigenvalue weighted by Crippen LogP contribution is -2.43. The van der Waals surface area contributed by atoms with Gasteiger partial charge in [0.25, 0.3) is 0 Å². The number of carboxylic acids is 2. The monoisotopic (exact) mass is 497 g/mol. The molecule has 0 spiro atoms. The first-order chi connectivity index (χ1) is 16.8. The molecule has 184 valence electrons. The SMILES string of the molecule is CN1C[C@H](CSc2ccccn2)C=C2c3cccc4[nH]cc(c34)C[C@H]21.O=C(O)[C@H](O)[C@@H](O)C(=O)O. The second-order valence-corrected chi connectivity index (χ2v) is 9.67. The molecule has 0 unspecified atom stereocenters. The second kappa shape index (κ2) is 10.6. The zero-order chi connectivity index (χ0) is 25.1. The van der Waals surface area contributed by atoms with Gasteiger partial charge in [-0.15, -0.1) is 11.8 Å². The van der Waals surface area contributed by atoms with Crippen molar-refractivity contribution in [1.82, 2.24) is 14.9 Å². The van der Waals surface area contributed by atoms with Crippen molar-refractivity contribution in [3.8, 4) is 0 Å². The molecular formula is C25H27N3O6S. The van der Waals surface area contributed by atoms with E-state index in [2.05, 4.69) is 64.5 Å². The summed E-state index contributed by atoms with van der Waals surface area (Å²) in [6.45, 7) is 1.11. The Hall–Kier alpha value is -3.18. The maximum absolute atomic E-state index is 9.77. The van der Waals surface area contributed by atoms with Crippen LogP contribution >= 0.6 is 11.8 Å². The van der Waals surface area contributed by atoms with Gasteiger partial charge in [-0.2, -0.15) is 0 Å². The van der Waals surface area contributed by atoms with E-state index in [-0.39, 0.29) is 0 Å². The van der Waals surface area contributed by atoms with Gasteiger partial charge >= 0.3 is 11.9 Å². The zero-order valence-electron chi connectivity index (χ0n) is 19.0. The average Bonchev–Trinajstić information content (AvgIpc) is 3.27. The lowest BCUT2D eigenvalue weighted by molar-refractivity contribution is -0.165. The Kier molecular flexibility index (Phi) is 7.56. The third kappa shape index (κ3) is 5.40. The molecule has 1 aromatic carbocycles. The van der Waals surface area contributed by atoms with E-state index in [1.54, 1.807) is 0 Å². The highest BCUT2D eigenvalue weighted by Gasteiger charge is 2.33. The number of nitrogens with zero attached hydrogens (tertiary/aromatic N) is 2. The largest absolute Gasteiger partial charge is 0.479 e. The van der Waals surface area contributed by atoms with Crippen LogP contribution in [0.1, 0.15) is 11.1 Å². The normalized spacial score (nSPS) is 20.7. The molecule has 5 N–H and O–H groups in total. The fourth-order valence-electron chi connectivity index (χ4n) is 4.55. The smallest absolute Gasteiger partial charge is 0.335 e. The second-order valence-electron chi connectivity index (χ2n) is 8.63. The fraction of sp³-hybridized carbons (Fsp3) is 0.320. The van der Waals surface area contributed by atoms with Crippen LogP contribution in [-0.2, 0) is 16.0 Å². The number of carbonyl (C=O) groups is 2. The van der Waals surface area contributed by atoms with Crippen LogP contribution < -0.4 is 0 Å². The maximum Gasteiger partial charge on any atom is 0.335 e. The number of pyridine rings is 1. The van der Waals surface area contributed by atoms with Gasteiger partial charge in [0.15, 0.2) is 12.2 Å². The summed E-state index contributed by atoms with van der Waals surface area (Å²) >= 11 is 1.86. The molecule has 0 fully saturated rings. The summed E-state index contributed by atoms with van der Waals surface area (Å²) in [5, 5.41) is 35.1. The number of aromatic nitrogens is 2. The summed E-state index contributed by atoms with van der Waals surface area (Å²) in [5.41, 5.74) is 5.66. The standard InChI is InChI=1S/C21H21N3S.C4H6O6/c1-24-12-14(13-25-20-7-2-3-8-22-20)9-17-16-5-4-6-18-21(16)15(11-23-18)10-19(17)24;5-1(3(7)8)2(6)4(9)10/h2-9,11,14,19,23H,10,12-13H2,1H3;1-2,5-6H,(H,7,8)(H,9,10)/t14-,19-;1-,2-/m11/s1. The Morgan fingerprint density at radius 1 is 1.14 bits per heavy atom. The van der Waals surface area contributed by atoms with Gasteiger partial charge < -0.3 is 25.4 Å². The van der Waals surface area contributed by atoms with Crippen LogP contribution in [0.4, 0.5) is 0 Å². The average molecular weight is 498 g/mol. The Morgan fingerprint density at radius 2 is 1.89 bits per heavy atom. The van der Waals surface area contributed by atoms with Crippen LogP contribution in [-0.4, -0.2) is 84.8 Å². The van der Waals surface area contributed by atoms with Crippen molar-refractivity contribution in [1.29, 1.82) is 0 Å². The molecule has 3 heterocycles. The molecule has 9 nitrogen and oxygen atoms in total. The van der Waals surface area contributed by atoms with Crippen molar-refractivity contribution < 1.29 is 30.0 Å². The van der Waals surface area contributed by atoms with Crippen molar-refractivity contribution in [3.05, 3.63) is 66.0 Å². The van der Waals surface area contributed by atoms with Crippen LogP contribution in [0.2, 0.25) is 0 Å². The first-order valence-corrected chi connectivity index (χ1v) is 12.1. The predicted octanol–water partition coefficient (Wildman–Crippen LogP) is 2.10. The minimum Gasteiger partial charge on any atom is -0.479 e. The Morgan fingerprint density at radius 3 is 2.54 bits per heavy atom. The van der Waals surface area contributed by atoms with Gasteiger partial charge in [-0.3, -0.25) is 4.90 Å². The Balaban J connectivity index is 0.000000248. The summed E-state index contributed by atoms with van der Waals surface area (Å²) in [6, 6.07) is 13.3. The van der Waals surface area contributed by atoms with Crippen molar-refractivity contribution in [2.75, 3.05) is 19.3 Å². The number of aliphatic hydroxyl groups excluding tert-OH is 2. The summed E-state index contributed by atoms with van der Waals surface area (Å²) in [4.78, 5) is 30.0. The van der Waals surface area contributed by atoms with Gasteiger partial charge in [-0.05, 0) is 54.3 Å². The molecule has 2 aliphatic rings. The van der Waals surface area contributed by atoms with Crippen molar-refractivity contribution in [3.63, 3.8) is 0 Å². The van der Waals surface area contributed by atoms with E-state index < -0.39 is 24.1 Å². The topological polar surface area (TPSA) is 147 Å². The van der Waals surface area contributed by atoms with Crippen molar-refractivity contribution in [2.45, 2.75) is 29.7 Å². The molecule has 1 aliphatic carbocycles. The van der Waals surface area contributed by atoms with Crippen LogP contribution in [0.25, 0.3) is 16.5 Å². The van der Waals surface area contributed by atoms with E-state index in [1.165, 1.54) is 27.6 Å². The van der Waals surface area contributed by atoms with E-state index >= 15 is 0 Å². The number of aliphatic hydroxyl groups is 2. The number of carboxylic acid groups (broad SMARTS) is 2. The molecule has 35 heavy (non-hydrogen) atoms. The van der Waals surface area contributed by atoms with E-state index in [4.69, 9.17) is 20.4 Å². The lowest BCUT2D eigenvalue weighted by Gasteiger charge is -2.39. The highest BCUT2D eigenvalue weighted by Crippen LogP contribution is 2.41. The van der Waals surface area contributed by atoms with Gasteiger partial charge in [0.1, 0.15) is 0 Å². The highest BCUT2D eigenvalue weighted by atomic mass is 32.2. The number of H-pyrrole nitrogens is 1. The van der Waals surface area contributed by atoms with Gasteiger partial charge in [0, 0.05) is 41.6 Å². The summed E-state index contributed by atoms with van der Waals surface area (Å²) in [5.74, 6) is -1.91. The number of hydrogen-bond donors (Lipinski definition) is 5. The molecule has 0 saturated heterocycles. The lowest BCUT2D eigenvalue weighted by atomic mass is 9.80. The zero-order valence-corrected chi connectivity index (χ0v) is 19.9. The molecule has 4 atom stereocenters. The predicted molar refractivity (Wildman–Crippen MR) is 132 cm³/mol. The van der Waals surface area contributed by atoms with Crippen molar-refractivity contribution >= 4 is 40.2 Å². The van der Waals surface area contributed by atoms with E-state index in [0.717, 1.165) is 23.7 Å². The number of hydrogen-bond acceptors (Lipinski definition) is 7. The fourth-order valence-corrected chi connectivity index (χ4v) is 5.45. The van der Waals surface area contributed by atoms with Crippen LogP contribution in [0.15, 0.2) is 59.9 Å². The number of nitrogens with one attached hydrogen (secondary N) is 1. The minimum atomic E-state index is -2.27. The Bertz CT molecular complexity index is 1230. The first kappa shape index (κ1) is 24.9. The minimum absolute atomic E-state index is 0.505. The molecule has 5 rings (SSSR count). The third-order valence-electron chi connectivity index (χ3n) is 6.23. The van der Waals surface area contributed by atoms with Crippen LogP contribution in [0.3, 0.4) is 0 Å². The van der Waals surface area contributed by atoms with Gasteiger partial charge in [-0.25, -0.2) is 14.6 Å². The number of benzene rings is 1. The quantitative estimate of drug-likeness (QED) is 0.323. The highest BCUT2D eigenvalue weighted by molar-refractivity contribution is 7.99. The number of thioether (sulfide) groups is 1. The van der Waals surface area contributed by atoms with Crippen LogP contribution in [0, 0.1) is 5.92 Å². The Labute approximate surface area is 206 Å². The number of likely N-dealkylation sites (N-methyl/N-ethyl adjacent to an activating group) is 1. The number of aliphatic carboxylic acids is 2. The number of fused-ring (bicyclic) bond motifs is 2. The molecule has 3 aromatic rings. The van der Waals surface area contributed by atoms with Gasteiger partial charge in [-0.1, -0.05) is 24.3 Å². The molecule has 1 aliphatic heterocycles. The number of aromatic amines is 1. The molecule has 0 bridgehead atoms. The molecule has 10 heteroatoms. The van der Waals surface area contributed by atoms with Crippen molar-refractivity contribution in [2.24, 2.45) is 5.92 Å².